The molecular weight excluding hydrogens is 352 g/mol. The van der Waals surface area contributed by atoms with Crippen LogP contribution in [0.15, 0.2) is 28.7 Å². The van der Waals surface area contributed by atoms with Gasteiger partial charge in [0.2, 0.25) is 5.91 Å². The number of carbonyl (C=O) groups is 1. The van der Waals surface area contributed by atoms with Gasteiger partial charge in [-0.1, -0.05) is 34.5 Å². The van der Waals surface area contributed by atoms with E-state index in [0.717, 1.165) is 30.2 Å². The number of carbonyl (C=O) groups excluding carboxylic acids is 1. The van der Waals surface area contributed by atoms with E-state index in [1.807, 2.05) is 12.1 Å². The van der Waals surface area contributed by atoms with Gasteiger partial charge in [-0.2, -0.15) is 0 Å². The summed E-state index contributed by atoms with van der Waals surface area (Å²) in [7, 11) is 0. The van der Waals surface area contributed by atoms with Gasteiger partial charge in [0.05, 0.1) is 0 Å². The number of hydrogen-bond donors (Lipinski definition) is 2. The molecule has 1 saturated carbocycles. The largest absolute Gasteiger partial charge is 0.353 e. The molecule has 1 unspecified atom stereocenters. The van der Waals surface area contributed by atoms with Crippen molar-refractivity contribution in [1.82, 2.24) is 5.32 Å². The Balaban J connectivity index is 0.00000220. The lowest BCUT2D eigenvalue weighted by atomic mass is 9.95. The van der Waals surface area contributed by atoms with Crippen molar-refractivity contribution in [2.24, 2.45) is 17.6 Å². The highest BCUT2D eigenvalue weighted by atomic mass is 79.9. The molecule has 0 bridgehead atoms. The molecule has 5 heteroatoms. The summed E-state index contributed by atoms with van der Waals surface area (Å²) in [5.41, 5.74) is 6.98. The predicted octanol–water partition coefficient (Wildman–Crippen LogP) is 3.29. The van der Waals surface area contributed by atoms with Crippen LogP contribution in [-0.2, 0) is 11.2 Å². The first-order valence-electron chi connectivity index (χ1n) is 7.35. The Hall–Kier alpha value is -0.580. The third kappa shape index (κ3) is 5.28. The molecule has 1 fully saturated rings. The quantitative estimate of drug-likeness (QED) is 0.829. The van der Waals surface area contributed by atoms with Gasteiger partial charge < -0.3 is 11.1 Å². The van der Waals surface area contributed by atoms with E-state index in [1.165, 1.54) is 5.56 Å². The molecule has 0 aliphatic heterocycles. The second-order valence-electron chi connectivity index (χ2n) is 5.78. The maximum atomic E-state index is 12.3. The number of hydrogen-bond acceptors (Lipinski definition) is 2. The number of nitrogens with two attached hydrogens (primary N) is 1. The number of benzene rings is 1. The van der Waals surface area contributed by atoms with Crippen molar-refractivity contribution in [1.29, 1.82) is 0 Å². The standard InChI is InChI=1S/C16H23BrN2O.ClH/c1-11(8-12-4-2-6-14(17)9-12)19-16(20)15-7-3-5-13(15)10-18;/h2,4,6,9,11,13,15H,3,5,7-8,10,18H2,1H3,(H,19,20);1H/t11?,13-,15-;/m1./s1. The third-order valence-electron chi connectivity index (χ3n) is 4.12. The van der Waals surface area contributed by atoms with Gasteiger partial charge in [-0.3, -0.25) is 4.79 Å². The Kier molecular flexibility index (Phi) is 7.71. The van der Waals surface area contributed by atoms with Crippen molar-refractivity contribution in [2.45, 2.75) is 38.6 Å². The van der Waals surface area contributed by atoms with Crippen LogP contribution in [0, 0.1) is 11.8 Å². The number of halogens is 2. The molecule has 0 heterocycles. The first-order valence-corrected chi connectivity index (χ1v) is 8.14. The van der Waals surface area contributed by atoms with Crippen molar-refractivity contribution in [2.75, 3.05) is 6.54 Å². The average Bonchev–Trinajstić information content (AvgIpc) is 2.86. The number of rotatable bonds is 5. The zero-order valence-corrected chi connectivity index (χ0v) is 14.8. The summed E-state index contributed by atoms with van der Waals surface area (Å²) in [6, 6.07) is 8.37. The highest BCUT2D eigenvalue weighted by Crippen LogP contribution is 2.31. The normalized spacial score (nSPS) is 22.4. The van der Waals surface area contributed by atoms with E-state index in [-0.39, 0.29) is 30.3 Å². The van der Waals surface area contributed by atoms with Crippen LogP contribution in [0.4, 0.5) is 0 Å². The highest BCUT2D eigenvalue weighted by Gasteiger charge is 2.32. The summed E-state index contributed by atoms with van der Waals surface area (Å²) >= 11 is 3.47. The summed E-state index contributed by atoms with van der Waals surface area (Å²) in [5.74, 6) is 0.665. The van der Waals surface area contributed by atoms with Gasteiger partial charge in [-0.05, 0) is 56.3 Å². The molecule has 3 atom stereocenters. The fourth-order valence-electron chi connectivity index (χ4n) is 3.08. The van der Waals surface area contributed by atoms with Gasteiger partial charge >= 0.3 is 0 Å². The minimum atomic E-state index is 0. The van der Waals surface area contributed by atoms with Gasteiger partial charge in [0, 0.05) is 16.4 Å². The Labute approximate surface area is 141 Å². The van der Waals surface area contributed by atoms with E-state index >= 15 is 0 Å². The number of amides is 1. The van der Waals surface area contributed by atoms with Crippen LogP contribution in [0.2, 0.25) is 0 Å². The van der Waals surface area contributed by atoms with Gasteiger partial charge in [0.15, 0.2) is 0 Å². The van der Waals surface area contributed by atoms with Crippen molar-refractivity contribution in [3.63, 3.8) is 0 Å². The van der Waals surface area contributed by atoms with Crippen molar-refractivity contribution in [3.05, 3.63) is 34.3 Å². The summed E-state index contributed by atoms with van der Waals surface area (Å²) in [6.07, 6.45) is 4.05. The molecule has 21 heavy (non-hydrogen) atoms. The molecule has 0 saturated heterocycles. The summed E-state index contributed by atoms with van der Waals surface area (Å²) in [6.45, 7) is 2.68. The first kappa shape index (κ1) is 18.5. The average molecular weight is 376 g/mol. The predicted molar refractivity (Wildman–Crippen MR) is 92.6 cm³/mol. The van der Waals surface area contributed by atoms with Gasteiger partial charge in [-0.15, -0.1) is 12.4 Å². The molecule has 3 nitrogen and oxygen atoms in total. The van der Waals surface area contributed by atoms with Gasteiger partial charge in [0.25, 0.3) is 0 Å². The smallest absolute Gasteiger partial charge is 0.223 e. The highest BCUT2D eigenvalue weighted by molar-refractivity contribution is 9.10. The Bertz CT molecular complexity index is 469. The van der Waals surface area contributed by atoms with E-state index in [4.69, 9.17) is 5.73 Å². The second kappa shape index (κ2) is 8.76. The molecule has 1 aliphatic rings. The fraction of sp³-hybridized carbons (Fsp3) is 0.562. The molecule has 3 N–H and O–H groups in total. The van der Waals surface area contributed by atoms with Gasteiger partial charge in [-0.25, -0.2) is 0 Å². The third-order valence-corrected chi connectivity index (χ3v) is 4.61. The second-order valence-corrected chi connectivity index (χ2v) is 6.69. The van der Waals surface area contributed by atoms with Crippen molar-refractivity contribution >= 4 is 34.2 Å². The Morgan fingerprint density at radius 3 is 2.90 bits per heavy atom. The van der Waals surface area contributed by atoms with E-state index in [2.05, 4.69) is 40.3 Å². The molecule has 2 rings (SSSR count). The van der Waals surface area contributed by atoms with Crippen LogP contribution >= 0.6 is 28.3 Å². The summed E-state index contributed by atoms with van der Waals surface area (Å²) in [5, 5.41) is 3.14. The Morgan fingerprint density at radius 2 is 2.24 bits per heavy atom. The number of nitrogens with one attached hydrogen (secondary N) is 1. The Morgan fingerprint density at radius 1 is 1.48 bits per heavy atom. The van der Waals surface area contributed by atoms with Crippen LogP contribution in [0.3, 0.4) is 0 Å². The lowest BCUT2D eigenvalue weighted by Gasteiger charge is -2.21. The van der Waals surface area contributed by atoms with Crippen LogP contribution in [0.25, 0.3) is 0 Å². The van der Waals surface area contributed by atoms with Crippen LogP contribution in [-0.4, -0.2) is 18.5 Å². The lowest BCUT2D eigenvalue weighted by Crippen LogP contribution is -2.40. The molecule has 0 radical (unpaired) electrons. The molecular formula is C16H24BrClN2O. The molecule has 1 aromatic carbocycles. The molecule has 118 valence electrons. The fourth-order valence-corrected chi connectivity index (χ4v) is 3.53. The molecule has 1 aliphatic carbocycles. The van der Waals surface area contributed by atoms with Crippen LogP contribution in [0.5, 0.6) is 0 Å². The topological polar surface area (TPSA) is 55.1 Å². The van der Waals surface area contributed by atoms with E-state index in [1.54, 1.807) is 0 Å². The van der Waals surface area contributed by atoms with E-state index in [0.29, 0.717) is 12.5 Å². The molecule has 1 amide bonds. The van der Waals surface area contributed by atoms with Crippen LogP contribution < -0.4 is 11.1 Å². The first-order chi connectivity index (χ1) is 9.60. The summed E-state index contributed by atoms with van der Waals surface area (Å²) in [4.78, 5) is 12.3. The lowest BCUT2D eigenvalue weighted by molar-refractivity contribution is -0.126. The van der Waals surface area contributed by atoms with E-state index in [9.17, 15) is 4.79 Å². The minimum absolute atomic E-state index is 0. The van der Waals surface area contributed by atoms with Crippen molar-refractivity contribution < 1.29 is 4.79 Å². The minimum Gasteiger partial charge on any atom is -0.353 e. The van der Waals surface area contributed by atoms with Crippen molar-refractivity contribution in [3.8, 4) is 0 Å². The monoisotopic (exact) mass is 374 g/mol. The maximum absolute atomic E-state index is 12.3. The molecule has 0 spiro atoms. The van der Waals surface area contributed by atoms with E-state index < -0.39 is 0 Å². The SMILES string of the molecule is CC(Cc1cccc(Br)c1)NC(=O)[C@@H]1CCC[C@@H]1CN.Cl. The molecule has 1 aromatic rings. The zero-order valence-electron chi connectivity index (χ0n) is 12.3. The van der Waals surface area contributed by atoms with Crippen LogP contribution in [0.1, 0.15) is 31.7 Å². The van der Waals surface area contributed by atoms with Gasteiger partial charge in [0.1, 0.15) is 0 Å². The zero-order chi connectivity index (χ0) is 14.5. The maximum Gasteiger partial charge on any atom is 0.223 e. The molecule has 0 aromatic heterocycles. The summed E-state index contributed by atoms with van der Waals surface area (Å²) < 4.78 is 1.08.